The Morgan fingerprint density at radius 2 is 2.20 bits per heavy atom. The van der Waals surface area contributed by atoms with Crippen molar-refractivity contribution in [1.82, 2.24) is 4.90 Å². The van der Waals surface area contributed by atoms with Gasteiger partial charge in [-0.15, -0.1) is 12.4 Å². The average molecular weight is 167 g/mol. The van der Waals surface area contributed by atoms with Crippen molar-refractivity contribution in [3.05, 3.63) is 0 Å². The Kier molecular flexibility index (Phi) is 4.20. The number of nitrogens with zero attached hydrogens (tertiary/aromatic N) is 1. The summed E-state index contributed by atoms with van der Waals surface area (Å²) in [6.07, 6.45) is 1.64. The van der Waals surface area contributed by atoms with Crippen molar-refractivity contribution >= 4 is 12.4 Å². The van der Waals surface area contributed by atoms with E-state index in [1.165, 1.54) is 0 Å². The molecule has 1 fully saturated rings. The minimum absolute atomic E-state index is 0. The second-order valence-electron chi connectivity index (χ2n) is 2.70. The largest absolute Gasteiger partial charge is 0.377 e. The van der Waals surface area contributed by atoms with E-state index >= 15 is 0 Å². The molecule has 0 radical (unpaired) electrons. The van der Waals surface area contributed by atoms with Crippen molar-refractivity contribution in [1.29, 1.82) is 0 Å². The Morgan fingerprint density at radius 1 is 1.60 bits per heavy atom. The van der Waals surface area contributed by atoms with Crippen LogP contribution in [0.4, 0.5) is 0 Å². The standard InChI is InChI=1S/C6H14N2O.ClH/c1-8-4-2-3-5(7)6(8)9;/h5-6,9H,2-4,7H2,1H3;1H/t5-,6?;/m0./s1. The second-order valence-corrected chi connectivity index (χ2v) is 2.70. The van der Waals surface area contributed by atoms with Crippen LogP contribution in [0.3, 0.4) is 0 Å². The molecule has 62 valence electrons. The van der Waals surface area contributed by atoms with Gasteiger partial charge in [0.25, 0.3) is 0 Å². The topological polar surface area (TPSA) is 49.5 Å². The van der Waals surface area contributed by atoms with E-state index in [2.05, 4.69) is 0 Å². The molecular weight excluding hydrogens is 152 g/mol. The number of likely N-dealkylation sites (tertiary alicyclic amines) is 1. The predicted molar refractivity (Wildman–Crippen MR) is 43.1 cm³/mol. The fraction of sp³-hybridized carbons (Fsp3) is 1.00. The highest BCUT2D eigenvalue weighted by Gasteiger charge is 2.23. The number of rotatable bonds is 0. The van der Waals surface area contributed by atoms with Crippen LogP contribution in [-0.4, -0.2) is 35.9 Å². The number of likely N-dealkylation sites (N-methyl/N-ethyl adjacent to an activating group) is 1. The van der Waals surface area contributed by atoms with Crippen LogP contribution in [0.5, 0.6) is 0 Å². The van der Waals surface area contributed by atoms with Crippen LogP contribution in [-0.2, 0) is 0 Å². The Labute approximate surface area is 67.6 Å². The quantitative estimate of drug-likeness (QED) is 0.523. The van der Waals surface area contributed by atoms with Gasteiger partial charge in [0.05, 0.1) is 0 Å². The number of nitrogens with two attached hydrogens (primary N) is 1. The van der Waals surface area contributed by atoms with Gasteiger partial charge >= 0.3 is 0 Å². The maximum Gasteiger partial charge on any atom is 0.122 e. The van der Waals surface area contributed by atoms with Crippen LogP contribution >= 0.6 is 12.4 Å². The monoisotopic (exact) mass is 166 g/mol. The smallest absolute Gasteiger partial charge is 0.122 e. The van der Waals surface area contributed by atoms with Gasteiger partial charge in [0.1, 0.15) is 6.23 Å². The molecule has 0 saturated carbocycles. The Bertz CT molecular complexity index is 91.7. The van der Waals surface area contributed by atoms with Gasteiger partial charge in [-0.25, -0.2) is 0 Å². The highest BCUT2D eigenvalue weighted by molar-refractivity contribution is 5.85. The molecule has 1 rings (SSSR count). The van der Waals surface area contributed by atoms with Crippen LogP contribution in [0.2, 0.25) is 0 Å². The van der Waals surface area contributed by atoms with E-state index in [1.807, 2.05) is 11.9 Å². The normalized spacial score (nSPS) is 35.1. The van der Waals surface area contributed by atoms with Crippen molar-refractivity contribution in [3.8, 4) is 0 Å². The van der Waals surface area contributed by atoms with Gasteiger partial charge in [-0.1, -0.05) is 0 Å². The maximum atomic E-state index is 9.25. The van der Waals surface area contributed by atoms with Gasteiger partial charge in [0, 0.05) is 12.6 Å². The highest BCUT2D eigenvalue weighted by atomic mass is 35.5. The fourth-order valence-corrected chi connectivity index (χ4v) is 1.18. The third kappa shape index (κ3) is 2.09. The van der Waals surface area contributed by atoms with Crippen LogP contribution in [0.1, 0.15) is 12.8 Å². The summed E-state index contributed by atoms with van der Waals surface area (Å²) < 4.78 is 0. The Morgan fingerprint density at radius 3 is 2.60 bits per heavy atom. The summed E-state index contributed by atoms with van der Waals surface area (Å²) in [6, 6.07) is -0.0382. The first kappa shape index (κ1) is 10.2. The molecule has 0 aromatic rings. The molecule has 1 unspecified atom stereocenters. The van der Waals surface area contributed by atoms with Gasteiger partial charge in [-0.05, 0) is 19.9 Å². The third-order valence-electron chi connectivity index (χ3n) is 1.88. The molecule has 1 heterocycles. The lowest BCUT2D eigenvalue weighted by Gasteiger charge is -2.32. The lowest BCUT2D eigenvalue weighted by molar-refractivity contribution is -0.0212. The van der Waals surface area contributed by atoms with E-state index in [1.54, 1.807) is 0 Å². The zero-order valence-electron chi connectivity index (χ0n) is 6.16. The van der Waals surface area contributed by atoms with Crippen molar-refractivity contribution in [2.24, 2.45) is 5.73 Å². The summed E-state index contributed by atoms with van der Waals surface area (Å²) in [5.41, 5.74) is 5.58. The maximum absolute atomic E-state index is 9.25. The first-order valence-electron chi connectivity index (χ1n) is 3.35. The molecule has 2 atom stereocenters. The highest BCUT2D eigenvalue weighted by Crippen LogP contribution is 2.10. The van der Waals surface area contributed by atoms with E-state index in [0.29, 0.717) is 0 Å². The molecule has 1 aliphatic heterocycles. The third-order valence-corrected chi connectivity index (χ3v) is 1.88. The average Bonchev–Trinajstić information content (AvgIpc) is 1.83. The minimum atomic E-state index is -0.418. The van der Waals surface area contributed by atoms with E-state index in [9.17, 15) is 5.11 Å². The zero-order valence-corrected chi connectivity index (χ0v) is 6.97. The van der Waals surface area contributed by atoms with Crippen LogP contribution in [0.15, 0.2) is 0 Å². The molecule has 0 amide bonds. The SMILES string of the molecule is CN1CCC[C@H](N)C1O.Cl. The number of aliphatic hydroxyl groups is 1. The van der Waals surface area contributed by atoms with Gasteiger partial charge in [-0.3, -0.25) is 4.90 Å². The molecule has 0 aliphatic carbocycles. The van der Waals surface area contributed by atoms with Gasteiger partial charge < -0.3 is 10.8 Å². The summed E-state index contributed by atoms with van der Waals surface area (Å²) in [5, 5.41) is 9.25. The first-order chi connectivity index (χ1) is 4.22. The number of halogens is 1. The van der Waals surface area contributed by atoms with Gasteiger partial charge in [0.2, 0.25) is 0 Å². The molecule has 0 aromatic carbocycles. The molecule has 0 aromatic heterocycles. The van der Waals surface area contributed by atoms with E-state index in [4.69, 9.17) is 5.73 Å². The summed E-state index contributed by atoms with van der Waals surface area (Å²) >= 11 is 0. The second kappa shape index (κ2) is 4.13. The van der Waals surface area contributed by atoms with E-state index < -0.39 is 6.23 Å². The number of piperidine rings is 1. The molecular formula is C6H15ClN2O. The van der Waals surface area contributed by atoms with Gasteiger partial charge in [0.15, 0.2) is 0 Å². The lowest BCUT2D eigenvalue weighted by atomic mass is 10.1. The van der Waals surface area contributed by atoms with Crippen molar-refractivity contribution in [2.45, 2.75) is 25.1 Å². The summed E-state index contributed by atoms with van der Waals surface area (Å²) in [6.45, 7) is 0.967. The molecule has 0 spiro atoms. The predicted octanol–water partition coefficient (Wildman–Crippen LogP) is -0.221. The van der Waals surface area contributed by atoms with E-state index in [0.717, 1.165) is 19.4 Å². The summed E-state index contributed by atoms with van der Waals surface area (Å²) in [4.78, 5) is 1.88. The van der Waals surface area contributed by atoms with Crippen LogP contribution in [0.25, 0.3) is 0 Å². The van der Waals surface area contributed by atoms with Crippen molar-refractivity contribution in [2.75, 3.05) is 13.6 Å². The molecule has 1 aliphatic rings. The number of hydrogen-bond acceptors (Lipinski definition) is 3. The summed E-state index contributed by atoms with van der Waals surface area (Å²) in [7, 11) is 1.89. The van der Waals surface area contributed by atoms with Crippen LogP contribution < -0.4 is 5.73 Å². The minimum Gasteiger partial charge on any atom is -0.377 e. The van der Waals surface area contributed by atoms with Gasteiger partial charge in [-0.2, -0.15) is 0 Å². The van der Waals surface area contributed by atoms with E-state index in [-0.39, 0.29) is 18.4 Å². The molecule has 1 saturated heterocycles. The Balaban J connectivity index is 0.000000810. The van der Waals surface area contributed by atoms with Crippen molar-refractivity contribution < 1.29 is 5.11 Å². The van der Waals surface area contributed by atoms with Crippen LogP contribution in [0, 0.1) is 0 Å². The zero-order chi connectivity index (χ0) is 6.85. The number of hydrogen-bond donors (Lipinski definition) is 2. The molecule has 3 N–H and O–H groups in total. The molecule has 0 bridgehead atoms. The molecule has 4 heteroatoms. The fourth-order valence-electron chi connectivity index (χ4n) is 1.18. The summed E-state index contributed by atoms with van der Waals surface area (Å²) in [5.74, 6) is 0. The lowest BCUT2D eigenvalue weighted by Crippen LogP contribution is -2.50. The molecule has 3 nitrogen and oxygen atoms in total. The number of aliphatic hydroxyl groups excluding tert-OH is 1. The molecule has 10 heavy (non-hydrogen) atoms. The first-order valence-corrected chi connectivity index (χ1v) is 3.35. The Hall–Kier alpha value is 0.170. The van der Waals surface area contributed by atoms with Crippen molar-refractivity contribution in [3.63, 3.8) is 0 Å².